The predicted molar refractivity (Wildman–Crippen MR) is 57.3 cm³/mol. The maximum atomic E-state index is 13.0. The smallest absolute Gasteiger partial charge is 0.216 e. The van der Waals surface area contributed by atoms with Gasteiger partial charge in [0, 0.05) is 6.07 Å². The minimum atomic E-state index is -0.723. The Balaban J connectivity index is 2.05. The van der Waals surface area contributed by atoms with Gasteiger partial charge in [-0.1, -0.05) is 0 Å². The zero-order valence-electron chi connectivity index (χ0n) is 8.53. The van der Waals surface area contributed by atoms with Crippen LogP contribution in [0.15, 0.2) is 18.2 Å². The lowest BCUT2D eigenvalue weighted by Crippen LogP contribution is -2.35. The van der Waals surface area contributed by atoms with Crippen LogP contribution in [0.4, 0.5) is 4.39 Å². The summed E-state index contributed by atoms with van der Waals surface area (Å²) in [6, 6.07) is 3.81. The average molecular weight is 247 g/mol. The second kappa shape index (κ2) is 4.89. The maximum absolute atomic E-state index is 13.0. The van der Waals surface area contributed by atoms with Crippen molar-refractivity contribution in [3.05, 3.63) is 24.0 Å². The van der Waals surface area contributed by atoms with Crippen LogP contribution >= 0.6 is 11.6 Å². The Labute approximate surface area is 97.7 Å². The number of halogens is 2. The summed E-state index contributed by atoms with van der Waals surface area (Å²) in [7, 11) is 0. The Morgan fingerprint density at radius 3 is 3.00 bits per heavy atom. The van der Waals surface area contributed by atoms with Crippen molar-refractivity contribution >= 4 is 11.6 Å². The largest absolute Gasteiger partial charge is 0.505 e. The van der Waals surface area contributed by atoms with Crippen molar-refractivity contribution in [1.29, 1.82) is 0 Å². The number of ether oxygens (including phenoxy) is 2. The van der Waals surface area contributed by atoms with Crippen LogP contribution in [-0.4, -0.2) is 23.4 Å². The van der Waals surface area contributed by atoms with Gasteiger partial charge in [0.05, 0.1) is 12.0 Å². The lowest BCUT2D eigenvalue weighted by Gasteiger charge is -2.27. The molecule has 1 fully saturated rings. The van der Waals surface area contributed by atoms with Crippen LogP contribution in [-0.2, 0) is 4.74 Å². The summed E-state index contributed by atoms with van der Waals surface area (Å²) in [5.41, 5.74) is 0. The molecule has 16 heavy (non-hydrogen) atoms. The van der Waals surface area contributed by atoms with Gasteiger partial charge in [0.1, 0.15) is 5.75 Å². The third kappa shape index (κ3) is 2.57. The van der Waals surface area contributed by atoms with Crippen molar-refractivity contribution in [3.63, 3.8) is 0 Å². The van der Waals surface area contributed by atoms with Crippen molar-refractivity contribution in [1.82, 2.24) is 0 Å². The lowest BCUT2D eigenvalue weighted by atomic mass is 10.2. The molecule has 0 bridgehead atoms. The fourth-order valence-corrected chi connectivity index (χ4v) is 1.80. The molecule has 3 nitrogen and oxygen atoms in total. The minimum absolute atomic E-state index is 0.231. The Morgan fingerprint density at radius 2 is 2.31 bits per heavy atom. The van der Waals surface area contributed by atoms with Crippen LogP contribution in [0.1, 0.15) is 12.8 Å². The predicted octanol–water partition coefficient (Wildman–Crippen LogP) is 2.65. The van der Waals surface area contributed by atoms with Crippen LogP contribution in [0.5, 0.6) is 11.5 Å². The summed E-state index contributed by atoms with van der Waals surface area (Å²) in [4.78, 5) is 0. The van der Waals surface area contributed by atoms with Gasteiger partial charge >= 0.3 is 0 Å². The van der Waals surface area contributed by atoms with Crippen molar-refractivity contribution < 1.29 is 19.0 Å². The van der Waals surface area contributed by atoms with E-state index < -0.39 is 17.9 Å². The van der Waals surface area contributed by atoms with E-state index >= 15 is 0 Å². The standard InChI is InChI=1S/C11H12ClFO3/c12-8-2-1-5-15-11(8)16-7-3-4-10(14)9(13)6-7/h3-4,6,8,11,14H,1-2,5H2. The first-order chi connectivity index (χ1) is 7.66. The summed E-state index contributed by atoms with van der Waals surface area (Å²) in [5, 5.41) is 8.78. The monoisotopic (exact) mass is 246 g/mol. The quantitative estimate of drug-likeness (QED) is 0.816. The highest BCUT2D eigenvalue weighted by Crippen LogP contribution is 2.26. The van der Waals surface area contributed by atoms with E-state index in [2.05, 4.69) is 0 Å². The summed E-state index contributed by atoms with van der Waals surface area (Å²) in [5.74, 6) is -0.827. The van der Waals surface area contributed by atoms with E-state index in [1.165, 1.54) is 12.1 Å². The number of benzene rings is 1. The first-order valence-electron chi connectivity index (χ1n) is 5.07. The van der Waals surface area contributed by atoms with E-state index in [1.54, 1.807) is 0 Å². The van der Waals surface area contributed by atoms with Gasteiger partial charge in [0.2, 0.25) is 6.29 Å². The van der Waals surface area contributed by atoms with Crippen molar-refractivity contribution in [3.8, 4) is 11.5 Å². The number of hydrogen-bond donors (Lipinski definition) is 1. The van der Waals surface area contributed by atoms with Gasteiger partial charge in [-0.15, -0.1) is 11.6 Å². The molecule has 0 spiro atoms. The van der Waals surface area contributed by atoms with Gasteiger partial charge < -0.3 is 14.6 Å². The molecule has 2 unspecified atom stereocenters. The number of alkyl halides is 1. The third-order valence-corrected chi connectivity index (χ3v) is 2.80. The molecule has 1 aliphatic rings. The van der Waals surface area contributed by atoms with E-state index in [9.17, 15) is 4.39 Å². The first-order valence-corrected chi connectivity index (χ1v) is 5.51. The molecule has 2 rings (SSSR count). The maximum Gasteiger partial charge on any atom is 0.216 e. The van der Waals surface area contributed by atoms with E-state index in [0.717, 1.165) is 18.9 Å². The number of aromatic hydroxyl groups is 1. The highest BCUT2D eigenvalue weighted by molar-refractivity contribution is 6.20. The fraction of sp³-hybridized carbons (Fsp3) is 0.455. The van der Waals surface area contributed by atoms with Gasteiger partial charge in [0.25, 0.3) is 0 Å². The van der Waals surface area contributed by atoms with Crippen LogP contribution in [0.25, 0.3) is 0 Å². The number of hydrogen-bond acceptors (Lipinski definition) is 3. The minimum Gasteiger partial charge on any atom is -0.505 e. The molecular formula is C11H12ClFO3. The Morgan fingerprint density at radius 1 is 1.50 bits per heavy atom. The Kier molecular flexibility index (Phi) is 3.51. The molecule has 0 amide bonds. The zero-order valence-corrected chi connectivity index (χ0v) is 9.28. The molecule has 2 atom stereocenters. The van der Waals surface area contributed by atoms with Gasteiger partial charge in [-0.2, -0.15) is 0 Å². The number of phenolic OH excluding ortho intramolecular Hbond substituents is 1. The Bertz CT molecular complexity index is 372. The van der Waals surface area contributed by atoms with E-state index in [1.807, 2.05) is 0 Å². The highest BCUT2D eigenvalue weighted by atomic mass is 35.5. The molecule has 88 valence electrons. The molecule has 1 saturated heterocycles. The normalized spacial score (nSPS) is 25.4. The van der Waals surface area contributed by atoms with Crippen molar-refractivity contribution in [2.24, 2.45) is 0 Å². The summed E-state index contributed by atoms with van der Waals surface area (Å²) < 4.78 is 23.7. The second-order valence-electron chi connectivity index (χ2n) is 3.63. The molecule has 1 heterocycles. The first kappa shape index (κ1) is 11.5. The van der Waals surface area contributed by atoms with Crippen LogP contribution in [0.2, 0.25) is 0 Å². The molecule has 0 aliphatic carbocycles. The fourth-order valence-electron chi connectivity index (χ4n) is 1.52. The molecule has 1 N–H and O–H groups in total. The molecule has 1 aliphatic heterocycles. The molecule has 0 saturated carbocycles. The van der Waals surface area contributed by atoms with Crippen LogP contribution in [0.3, 0.4) is 0 Å². The van der Waals surface area contributed by atoms with Gasteiger partial charge in [0.15, 0.2) is 11.6 Å². The highest BCUT2D eigenvalue weighted by Gasteiger charge is 2.25. The summed E-state index contributed by atoms with van der Waals surface area (Å²) in [6.45, 7) is 0.592. The van der Waals surface area contributed by atoms with Crippen LogP contribution < -0.4 is 4.74 Å². The molecule has 1 aromatic rings. The average Bonchev–Trinajstić information content (AvgIpc) is 2.27. The SMILES string of the molecule is Oc1ccc(OC2OCCCC2Cl)cc1F. The van der Waals surface area contributed by atoms with Crippen molar-refractivity contribution in [2.45, 2.75) is 24.5 Å². The van der Waals surface area contributed by atoms with Crippen LogP contribution in [0, 0.1) is 5.82 Å². The number of rotatable bonds is 2. The lowest BCUT2D eigenvalue weighted by molar-refractivity contribution is -0.102. The summed E-state index contributed by atoms with van der Waals surface area (Å²) in [6.07, 6.45) is 1.16. The topological polar surface area (TPSA) is 38.7 Å². The molecular weight excluding hydrogens is 235 g/mol. The van der Waals surface area contributed by atoms with E-state index in [4.69, 9.17) is 26.2 Å². The third-order valence-electron chi connectivity index (χ3n) is 2.37. The summed E-state index contributed by atoms with van der Waals surface area (Å²) >= 11 is 6.01. The molecule has 0 radical (unpaired) electrons. The number of phenols is 1. The molecule has 0 aromatic heterocycles. The van der Waals surface area contributed by atoms with Crippen molar-refractivity contribution in [2.75, 3.05) is 6.61 Å². The van der Waals surface area contributed by atoms with E-state index in [-0.39, 0.29) is 5.38 Å². The van der Waals surface area contributed by atoms with Gasteiger partial charge in [-0.25, -0.2) is 4.39 Å². The second-order valence-corrected chi connectivity index (χ2v) is 4.19. The molecule has 1 aromatic carbocycles. The van der Waals surface area contributed by atoms with Gasteiger partial charge in [-0.3, -0.25) is 0 Å². The Hall–Kier alpha value is -1.00. The van der Waals surface area contributed by atoms with E-state index in [0.29, 0.717) is 12.4 Å². The molecule has 5 heteroatoms. The zero-order chi connectivity index (χ0) is 11.5. The van der Waals surface area contributed by atoms with Gasteiger partial charge in [-0.05, 0) is 25.0 Å².